The average molecular weight is 412 g/mol. The van der Waals surface area contributed by atoms with Crippen LogP contribution in [0.15, 0.2) is 54.9 Å². The van der Waals surface area contributed by atoms with Crippen LogP contribution < -0.4 is 5.32 Å². The van der Waals surface area contributed by atoms with Crippen LogP contribution >= 0.6 is 0 Å². The number of nitrogens with zero attached hydrogens (tertiary/aromatic N) is 3. The minimum Gasteiger partial charge on any atom is -0.352 e. The number of halogens is 1. The topological polar surface area (TPSA) is 82.3 Å². The highest BCUT2D eigenvalue weighted by atomic mass is 19.1. The number of pyridine rings is 2. The van der Waals surface area contributed by atoms with E-state index in [1.54, 1.807) is 18.3 Å². The van der Waals surface area contributed by atoms with E-state index in [0.29, 0.717) is 5.92 Å². The van der Waals surface area contributed by atoms with Crippen LogP contribution in [0.25, 0.3) is 44.5 Å². The van der Waals surface area contributed by atoms with E-state index in [2.05, 4.69) is 43.7 Å². The molecule has 0 radical (unpaired) electrons. The van der Waals surface area contributed by atoms with E-state index in [1.165, 1.54) is 12.1 Å². The molecule has 154 valence electrons. The number of aromatic amines is 2. The summed E-state index contributed by atoms with van der Waals surface area (Å²) in [6, 6.07) is 12.7. The molecular weight excluding hydrogens is 391 g/mol. The number of hydrogen-bond donors (Lipinski definition) is 3. The number of H-pyrrole nitrogens is 2. The largest absolute Gasteiger partial charge is 0.352 e. The fraction of sp³-hybridized carbons (Fsp3) is 0.208. The molecule has 0 unspecified atom stereocenters. The molecule has 0 amide bonds. The normalized spacial score (nSPS) is 15.1. The lowest BCUT2D eigenvalue weighted by molar-refractivity contribution is 0.454. The summed E-state index contributed by atoms with van der Waals surface area (Å²) in [5.74, 6) is 0.225. The van der Waals surface area contributed by atoms with Crippen molar-refractivity contribution in [1.82, 2.24) is 30.5 Å². The predicted octanol–water partition coefficient (Wildman–Crippen LogP) is 4.77. The van der Waals surface area contributed by atoms with Gasteiger partial charge in [0.15, 0.2) is 0 Å². The average Bonchev–Trinajstić information content (AvgIpc) is 3.43. The summed E-state index contributed by atoms with van der Waals surface area (Å²) in [5.41, 5.74) is 7.37. The number of benzene rings is 1. The van der Waals surface area contributed by atoms with E-state index in [0.717, 1.165) is 76.1 Å². The van der Waals surface area contributed by atoms with Crippen molar-refractivity contribution in [2.45, 2.75) is 18.8 Å². The Bertz CT molecular complexity index is 1380. The van der Waals surface area contributed by atoms with Crippen molar-refractivity contribution < 1.29 is 4.39 Å². The Kier molecular flexibility index (Phi) is 4.28. The molecule has 1 aliphatic heterocycles. The number of hydrogen-bond acceptors (Lipinski definition) is 4. The number of piperidine rings is 1. The lowest BCUT2D eigenvalue weighted by Gasteiger charge is -2.22. The van der Waals surface area contributed by atoms with Gasteiger partial charge in [0.1, 0.15) is 17.0 Å². The molecule has 1 aliphatic rings. The number of aromatic nitrogens is 5. The van der Waals surface area contributed by atoms with E-state index >= 15 is 0 Å². The Hall–Kier alpha value is -3.58. The maximum absolute atomic E-state index is 13.4. The van der Waals surface area contributed by atoms with E-state index in [4.69, 9.17) is 4.98 Å². The SMILES string of the molecule is Fc1ccc(-c2cncc3[nH]c(-c4n[nH]c5ccc(C6CCNCC6)nc45)cc23)cc1. The summed E-state index contributed by atoms with van der Waals surface area (Å²) in [6.45, 7) is 2.06. The summed E-state index contributed by atoms with van der Waals surface area (Å²) >= 11 is 0. The Morgan fingerprint density at radius 3 is 2.61 bits per heavy atom. The zero-order valence-corrected chi connectivity index (χ0v) is 16.8. The minimum atomic E-state index is -0.253. The third-order valence-electron chi connectivity index (χ3n) is 6.14. The highest BCUT2D eigenvalue weighted by Gasteiger charge is 2.19. The van der Waals surface area contributed by atoms with Crippen molar-refractivity contribution in [2.75, 3.05) is 13.1 Å². The van der Waals surface area contributed by atoms with Crippen LogP contribution in [0.5, 0.6) is 0 Å². The summed E-state index contributed by atoms with van der Waals surface area (Å²) in [5, 5.41) is 12.1. The maximum Gasteiger partial charge on any atom is 0.135 e. The smallest absolute Gasteiger partial charge is 0.135 e. The van der Waals surface area contributed by atoms with Crippen molar-refractivity contribution in [2.24, 2.45) is 0 Å². The molecule has 5 heterocycles. The standard InChI is InChI=1S/C24H21FN6/c25-16-3-1-14(2-4-16)18-12-27-13-22-17(18)11-21(28-22)24-23-20(30-31-24)6-5-19(29-23)15-7-9-26-10-8-15/h1-6,11-13,15,26,28H,7-10H2,(H,30,31). The molecule has 6 nitrogen and oxygen atoms in total. The monoisotopic (exact) mass is 412 g/mol. The molecule has 0 spiro atoms. The fourth-order valence-corrected chi connectivity index (χ4v) is 4.49. The van der Waals surface area contributed by atoms with Crippen molar-refractivity contribution in [3.63, 3.8) is 0 Å². The van der Waals surface area contributed by atoms with Crippen LogP contribution in [0.3, 0.4) is 0 Å². The molecule has 7 heteroatoms. The third kappa shape index (κ3) is 3.18. The quantitative estimate of drug-likeness (QED) is 0.399. The van der Waals surface area contributed by atoms with Gasteiger partial charge in [-0.3, -0.25) is 10.1 Å². The first-order valence-corrected chi connectivity index (χ1v) is 10.5. The van der Waals surface area contributed by atoms with Crippen LogP contribution in [0.2, 0.25) is 0 Å². The second-order valence-electron chi connectivity index (χ2n) is 8.07. The Balaban J connectivity index is 1.46. The van der Waals surface area contributed by atoms with Crippen molar-refractivity contribution in [3.05, 3.63) is 66.4 Å². The van der Waals surface area contributed by atoms with Gasteiger partial charge in [0.2, 0.25) is 0 Å². The Morgan fingerprint density at radius 1 is 0.935 bits per heavy atom. The van der Waals surface area contributed by atoms with Gasteiger partial charge in [-0.05, 0) is 61.8 Å². The first-order valence-electron chi connectivity index (χ1n) is 10.5. The van der Waals surface area contributed by atoms with Gasteiger partial charge in [0, 0.05) is 28.8 Å². The number of nitrogens with one attached hydrogen (secondary N) is 3. The zero-order valence-electron chi connectivity index (χ0n) is 16.8. The lowest BCUT2D eigenvalue weighted by atomic mass is 9.94. The van der Waals surface area contributed by atoms with Gasteiger partial charge in [-0.25, -0.2) is 9.37 Å². The van der Waals surface area contributed by atoms with Gasteiger partial charge >= 0.3 is 0 Å². The summed E-state index contributed by atoms with van der Waals surface area (Å²) < 4.78 is 13.4. The highest BCUT2D eigenvalue weighted by molar-refractivity contribution is 5.99. The van der Waals surface area contributed by atoms with Crippen LogP contribution in [-0.2, 0) is 0 Å². The number of fused-ring (bicyclic) bond motifs is 2. The zero-order chi connectivity index (χ0) is 20.8. The molecule has 1 fully saturated rings. The Morgan fingerprint density at radius 2 is 1.77 bits per heavy atom. The van der Waals surface area contributed by atoms with E-state index in [9.17, 15) is 4.39 Å². The molecule has 0 bridgehead atoms. The molecule has 0 atom stereocenters. The predicted molar refractivity (Wildman–Crippen MR) is 119 cm³/mol. The van der Waals surface area contributed by atoms with Gasteiger partial charge < -0.3 is 10.3 Å². The van der Waals surface area contributed by atoms with Crippen LogP contribution in [0, 0.1) is 5.82 Å². The van der Waals surface area contributed by atoms with Gasteiger partial charge in [0.05, 0.1) is 22.9 Å². The van der Waals surface area contributed by atoms with Crippen molar-refractivity contribution >= 4 is 21.9 Å². The third-order valence-corrected chi connectivity index (χ3v) is 6.14. The number of rotatable bonds is 3. The molecule has 3 N–H and O–H groups in total. The van der Waals surface area contributed by atoms with Crippen LogP contribution in [0.4, 0.5) is 4.39 Å². The molecule has 1 saturated heterocycles. The molecule has 6 rings (SSSR count). The molecule has 0 aliphatic carbocycles. The second-order valence-corrected chi connectivity index (χ2v) is 8.07. The molecule has 1 aromatic carbocycles. The van der Waals surface area contributed by atoms with E-state index in [1.807, 2.05) is 6.20 Å². The van der Waals surface area contributed by atoms with Crippen LogP contribution in [0.1, 0.15) is 24.5 Å². The first-order chi connectivity index (χ1) is 15.3. The Labute approximate surface area is 177 Å². The summed E-state index contributed by atoms with van der Waals surface area (Å²) in [7, 11) is 0. The molecule has 31 heavy (non-hydrogen) atoms. The van der Waals surface area contributed by atoms with Crippen molar-refractivity contribution in [1.29, 1.82) is 0 Å². The van der Waals surface area contributed by atoms with Gasteiger partial charge in [0.25, 0.3) is 0 Å². The lowest BCUT2D eigenvalue weighted by Crippen LogP contribution is -2.27. The van der Waals surface area contributed by atoms with Gasteiger partial charge in [-0.15, -0.1) is 0 Å². The second kappa shape index (κ2) is 7.28. The molecule has 0 saturated carbocycles. The minimum absolute atomic E-state index is 0.253. The molecule has 4 aromatic heterocycles. The van der Waals surface area contributed by atoms with Gasteiger partial charge in [-0.1, -0.05) is 12.1 Å². The maximum atomic E-state index is 13.4. The van der Waals surface area contributed by atoms with Crippen LogP contribution in [-0.4, -0.2) is 38.2 Å². The molecular formula is C24H21FN6. The van der Waals surface area contributed by atoms with E-state index < -0.39 is 0 Å². The van der Waals surface area contributed by atoms with E-state index in [-0.39, 0.29) is 5.82 Å². The van der Waals surface area contributed by atoms with Crippen molar-refractivity contribution in [3.8, 4) is 22.5 Å². The molecule has 5 aromatic rings. The fourth-order valence-electron chi connectivity index (χ4n) is 4.49. The first kappa shape index (κ1) is 18.2. The highest BCUT2D eigenvalue weighted by Crippen LogP contribution is 2.34. The summed E-state index contributed by atoms with van der Waals surface area (Å²) in [6.07, 6.45) is 5.81. The summed E-state index contributed by atoms with van der Waals surface area (Å²) in [4.78, 5) is 12.8. The van der Waals surface area contributed by atoms with Gasteiger partial charge in [-0.2, -0.15) is 5.10 Å².